The van der Waals surface area contributed by atoms with E-state index in [1.54, 1.807) is 58.9 Å². The van der Waals surface area contributed by atoms with Crippen molar-refractivity contribution in [3.63, 3.8) is 0 Å². The van der Waals surface area contributed by atoms with Crippen molar-refractivity contribution in [2.45, 2.75) is 129 Å². The van der Waals surface area contributed by atoms with Crippen LogP contribution in [0.25, 0.3) is 0 Å². The van der Waals surface area contributed by atoms with Crippen LogP contribution in [-0.4, -0.2) is 188 Å². The molecular formula is C54H81N9O12. The van der Waals surface area contributed by atoms with Crippen LogP contribution in [0.15, 0.2) is 48.5 Å². The molecule has 2 saturated heterocycles. The molecule has 4 atom stereocenters. The number of ether oxygens (including phenoxy) is 6. The number of fused-ring (bicyclic) bond motifs is 2. The summed E-state index contributed by atoms with van der Waals surface area (Å²) in [6.45, 7) is 17.9. The van der Waals surface area contributed by atoms with Crippen LogP contribution in [0.2, 0.25) is 0 Å². The summed E-state index contributed by atoms with van der Waals surface area (Å²) in [5.41, 5.74) is 8.58. The van der Waals surface area contributed by atoms with Gasteiger partial charge in [0, 0.05) is 98.2 Å². The molecule has 0 radical (unpaired) electrons. The highest BCUT2D eigenvalue weighted by Crippen LogP contribution is 2.32. The molecule has 21 heteroatoms. The van der Waals surface area contributed by atoms with Gasteiger partial charge in [0.2, 0.25) is 5.91 Å². The number of benzene rings is 2. The molecule has 6 N–H and O–H groups in total. The Labute approximate surface area is 441 Å². The fourth-order valence-corrected chi connectivity index (χ4v) is 9.39. The van der Waals surface area contributed by atoms with E-state index in [1.165, 1.54) is 4.90 Å². The van der Waals surface area contributed by atoms with Gasteiger partial charge in [-0.1, -0.05) is 12.1 Å². The minimum absolute atomic E-state index is 0.0770. The molecular weight excluding hydrogens is 967 g/mol. The van der Waals surface area contributed by atoms with Gasteiger partial charge in [-0.25, -0.2) is 14.6 Å². The number of hydrogen-bond acceptors (Lipinski definition) is 17. The summed E-state index contributed by atoms with van der Waals surface area (Å²) in [5, 5.41) is 28.2. The van der Waals surface area contributed by atoms with Crippen molar-refractivity contribution in [1.82, 2.24) is 29.9 Å². The number of hydrogen-bond donors (Lipinski definition) is 5. The number of carbonyl (C=O) groups excluding carboxylic acids is 4. The molecule has 1 aromatic heterocycles. The van der Waals surface area contributed by atoms with E-state index in [4.69, 9.17) is 39.1 Å². The van der Waals surface area contributed by atoms with Crippen LogP contribution >= 0.6 is 0 Å². The van der Waals surface area contributed by atoms with E-state index in [9.17, 15) is 29.4 Å². The van der Waals surface area contributed by atoms with Crippen LogP contribution in [-0.2, 0) is 49.7 Å². The number of methoxy groups -OCH3 is 2. The fraction of sp³-hybridized carbons (Fsp3) is 0.611. The first-order valence-electron chi connectivity index (χ1n) is 25.8. The molecule has 75 heavy (non-hydrogen) atoms. The average molecular weight is 1050 g/mol. The Kier molecular flexibility index (Phi) is 20.4. The number of amides is 4. The third kappa shape index (κ3) is 16.8. The van der Waals surface area contributed by atoms with E-state index in [2.05, 4.69) is 27.5 Å². The zero-order valence-corrected chi connectivity index (χ0v) is 45.6. The van der Waals surface area contributed by atoms with E-state index >= 15 is 0 Å². The Hall–Kier alpha value is -5.97. The number of rotatable bonds is 15. The van der Waals surface area contributed by atoms with Crippen LogP contribution in [0.5, 0.6) is 11.5 Å². The maximum atomic E-state index is 13.7. The van der Waals surface area contributed by atoms with Gasteiger partial charge >= 0.3 is 12.2 Å². The average Bonchev–Trinajstić information content (AvgIpc) is 3.37. The van der Waals surface area contributed by atoms with Gasteiger partial charge in [-0.15, -0.1) is 0 Å². The summed E-state index contributed by atoms with van der Waals surface area (Å²) < 4.78 is 32.2. The summed E-state index contributed by atoms with van der Waals surface area (Å²) in [6.07, 6.45) is -0.442. The molecule has 4 aliphatic rings. The van der Waals surface area contributed by atoms with Crippen molar-refractivity contribution >= 4 is 35.6 Å². The SMILES string of the molecule is COCOc1ccc2c(c1)CN(C(=O)OC(C)(C)C)[C@H]([C@H](O)CN)C2.COCOc1ccc2c(c1)CN(C(=O)OC(C)(C)C)[C@H]([C@H](O)CNC(=O)c1cc(NC3CCN(C(C)=O)CC3)nc(N3CCN(C)CC3)c1)C2. The minimum Gasteiger partial charge on any atom is -0.468 e. The van der Waals surface area contributed by atoms with E-state index < -0.39 is 47.7 Å². The number of nitrogens with two attached hydrogens (primary N) is 1. The molecule has 414 valence electrons. The Morgan fingerprint density at radius 3 is 1.69 bits per heavy atom. The number of pyridine rings is 1. The van der Waals surface area contributed by atoms with Crippen LogP contribution in [0.3, 0.4) is 0 Å². The molecule has 0 bridgehead atoms. The molecule has 7 rings (SSSR count). The number of aliphatic hydroxyl groups is 2. The largest absolute Gasteiger partial charge is 0.468 e. The first-order chi connectivity index (χ1) is 35.5. The molecule has 4 aliphatic heterocycles. The van der Waals surface area contributed by atoms with E-state index in [0.29, 0.717) is 61.2 Å². The number of nitrogens with zero attached hydrogens (tertiary/aromatic N) is 6. The number of likely N-dealkylation sites (N-methyl/N-ethyl adjacent to an activating group) is 1. The minimum atomic E-state index is -1.08. The molecule has 0 aliphatic carbocycles. The third-order valence-electron chi connectivity index (χ3n) is 13.4. The number of piperidine rings is 1. The predicted octanol–water partition coefficient (Wildman–Crippen LogP) is 4.34. The second-order valence-electron chi connectivity index (χ2n) is 21.6. The molecule has 0 spiro atoms. The number of piperazine rings is 1. The lowest BCUT2D eigenvalue weighted by Crippen LogP contribution is -2.54. The second kappa shape index (κ2) is 26.2. The summed E-state index contributed by atoms with van der Waals surface area (Å²) >= 11 is 0. The fourth-order valence-electron chi connectivity index (χ4n) is 9.39. The van der Waals surface area contributed by atoms with Crippen LogP contribution < -0.4 is 30.7 Å². The maximum absolute atomic E-state index is 13.7. The van der Waals surface area contributed by atoms with Crippen LogP contribution in [0.1, 0.15) is 93.9 Å². The normalized spacial score (nSPS) is 19.1. The maximum Gasteiger partial charge on any atom is 0.410 e. The molecule has 4 amide bonds. The first-order valence-corrected chi connectivity index (χ1v) is 25.8. The third-order valence-corrected chi connectivity index (χ3v) is 13.4. The summed E-state index contributed by atoms with van der Waals surface area (Å²) in [6, 6.07) is 13.9. The van der Waals surface area contributed by atoms with Gasteiger partial charge in [0.05, 0.1) is 24.3 Å². The second-order valence-corrected chi connectivity index (χ2v) is 21.6. The number of aliphatic hydroxyl groups excluding tert-OH is 2. The van der Waals surface area contributed by atoms with Crippen molar-refractivity contribution in [1.29, 1.82) is 0 Å². The van der Waals surface area contributed by atoms with Crippen molar-refractivity contribution in [2.75, 3.05) is 97.4 Å². The van der Waals surface area contributed by atoms with Crippen molar-refractivity contribution in [3.05, 3.63) is 76.3 Å². The zero-order valence-electron chi connectivity index (χ0n) is 45.6. The molecule has 0 saturated carbocycles. The van der Waals surface area contributed by atoms with Gasteiger partial charge < -0.3 is 69.7 Å². The number of anilines is 2. The van der Waals surface area contributed by atoms with Crippen molar-refractivity contribution in [2.24, 2.45) is 5.73 Å². The monoisotopic (exact) mass is 1050 g/mol. The molecule has 0 unspecified atom stereocenters. The van der Waals surface area contributed by atoms with Crippen LogP contribution in [0.4, 0.5) is 21.2 Å². The van der Waals surface area contributed by atoms with Crippen molar-refractivity contribution in [3.8, 4) is 11.5 Å². The molecule has 2 aromatic carbocycles. The number of aromatic nitrogens is 1. The Bertz CT molecular complexity index is 2400. The molecule has 3 aromatic rings. The highest BCUT2D eigenvalue weighted by atomic mass is 16.7. The standard InChI is InChI=1S/C36H53N7O7.C18H28N2O5/c1-24(44)41-11-9-28(10-12-41)38-32-19-26(20-33(39-32)42-15-13-40(5)14-16-42)34(46)37-21-31(45)30-18-25-7-8-29(49-23-48-6)17-27(25)22-43(30)35(47)50-36(2,3)4;1-18(2,3)25-17(22)20-10-13-7-14(24-11-23-4)6-5-12(13)8-15(20)16(21)9-19/h7-8,17,19-20,28,30-31,45H,9-16,18,21-23H2,1-6H3,(H,37,46)(H,38,39);5-7,15-16,21H,8-11,19H2,1-4H3/t30-,31+;15-,16+/m00/s1. The van der Waals surface area contributed by atoms with Gasteiger partial charge in [0.25, 0.3) is 5.91 Å². The van der Waals surface area contributed by atoms with Gasteiger partial charge in [-0.2, -0.15) is 0 Å². The quantitative estimate of drug-likeness (QED) is 0.133. The van der Waals surface area contributed by atoms with E-state index in [1.807, 2.05) is 62.1 Å². The Balaban J connectivity index is 0.000000306. The smallest absolute Gasteiger partial charge is 0.410 e. The Morgan fingerprint density at radius 1 is 0.720 bits per heavy atom. The number of carbonyl (C=O) groups is 4. The number of nitrogens with one attached hydrogen (secondary N) is 2. The Morgan fingerprint density at radius 2 is 1.23 bits per heavy atom. The predicted molar refractivity (Wildman–Crippen MR) is 283 cm³/mol. The van der Waals surface area contributed by atoms with E-state index in [-0.39, 0.29) is 51.1 Å². The zero-order chi connectivity index (χ0) is 54.6. The topological polar surface area (TPSA) is 243 Å². The lowest BCUT2D eigenvalue weighted by Gasteiger charge is -2.40. The van der Waals surface area contributed by atoms with Gasteiger partial charge in [-0.05, 0) is 133 Å². The van der Waals surface area contributed by atoms with Gasteiger partial charge in [-0.3, -0.25) is 19.4 Å². The van der Waals surface area contributed by atoms with E-state index in [0.717, 1.165) is 61.3 Å². The highest BCUT2D eigenvalue weighted by molar-refractivity contribution is 5.95. The van der Waals surface area contributed by atoms with Gasteiger partial charge in [0.1, 0.15) is 34.3 Å². The van der Waals surface area contributed by atoms with Gasteiger partial charge in [0.15, 0.2) is 13.6 Å². The van der Waals surface area contributed by atoms with Crippen LogP contribution in [0, 0.1) is 0 Å². The molecule has 5 heterocycles. The molecule has 21 nitrogen and oxygen atoms in total. The highest BCUT2D eigenvalue weighted by Gasteiger charge is 2.39. The van der Waals surface area contributed by atoms with Crippen molar-refractivity contribution < 1.29 is 57.8 Å². The summed E-state index contributed by atoms with van der Waals surface area (Å²) in [4.78, 5) is 65.9. The molecule has 2 fully saturated rings. The summed E-state index contributed by atoms with van der Waals surface area (Å²) in [7, 11) is 5.19. The summed E-state index contributed by atoms with van der Waals surface area (Å²) in [5.74, 6) is 2.32. The lowest BCUT2D eigenvalue weighted by molar-refractivity contribution is -0.129. The lowest BCUT2D eigenvalue weighted by atomic mass is 9.91. The number of likely N-dealkylation sites (tertiary alicyclic amines) is 1. The first kappa shape index (κ1) is 58.3.